The Morgan fingerprint density at radius 3 is 2.39 bits per heavy atom. The Bertz CT molecular complexity index is 555. The molecule has 2 aromatic rings. The second-order valence-electron chi connectivity index (χ2n) is 3.63. The maximum Gasteiger partial charge on any atom is 0.135 e. The van der Waals surface area contributed by atoms with Crippen LogP contribution >= 0.6 is 11.6 Å². The number of hydrogen-bond donors (Lipinski definition) is 1. The average molecular weight is 270 g/mol. The first-order valence-electron chi connectivity index (χ1n) is 5.33. The van der Waals surface area contributed by atoms with E-state index in [2.05, 4.69) is 15.3 Å². The van der Waals surface area contributed by atoms with Crippen LogP contribution < -0.4 is 5.32 Å². The van der Waals surface area contributed by atoms with Gasteiger partial charge in [0.15, 0.2) is 0 Å². The normalized spacial score (nSPS) is 10.4. The van der Waals surface area contributed by atoms with Crippen molar-refractivity contribution in [1.82, 2.24) is 9.97 Å². The fourth-order valence-electron chi connectivity index (χ4n) is 1.46. The van der Waals surface area contributed by atoms with Crippen molar-refractivity contribution in [2.24, 2.45) is 0 Å². The van der Waals surface area contributed by atoms with Gasteiger partial charge in [-0.15, -0.1) is 0 Å². The van der Waals surface area contributed by atoms with Crippen LogP contribution in [-0.2, 0) is 6.42 Å². The van der Waals surface area contributed by atoms with Gasteiger partial charge in [-0.25, -0.2) is 18.7 Å². The number of benzene rings is 1. The fraction of sp³-hybridized carbons (Fsp3) is 0.167. The van der Waals surface area contributed by atoms with Crippen molar-refractivity contribution < 1.29 is 8.78 Å². The Kier molecular flexibility index (Phi) is 3.72. The summed E-state index contributed by atoms with van der Waals surface area (Å²) in [7, 11) is 0. The highest BCUT2D eigenvalue weighted by atomic mass is 35.5. The van der Waals surface area contributed by atoms with Crippen molar-refractivity contribution in [1.29, 1.82) is 0 Å². The summed E-state index contributed by atoms with van der Waals surface area (Å²) in [5, 5.41) is 3.06. The molecule has 0 aliphatic carbocycles. The molecule has 18 heavy (non-hydrogen) atoms. The lowest BCUT2D eigenvalue weighted by Gasteiger charge is -2.07. The summed E-state index contributed by atoms with van der Waals surface area (Å²) in [5.41, 5.74) is 0.268. The first-order valence-corrected chi connectivity index (χ1v) is 5.71. The smallest absolute Gasteiger partial charge is 0.135 e. The molecule has 3 nitrogen and oxygen atoms in total. The van der Waals surface area contributed by atoms with E-state index in [-0.39, 0.29) is 10.8 Å². The molecule has 0 bridgehead atoms. The molecule has 1 N–H and O–H groups in total. The lowest BCUT2D eigenvalue weighted by atomic mass is 10.3. The van der Waals surface area contributed by atoms with E-state index < -0.39 is 11.6 Å². The topological polar surface area (TPSA) is 37.8 Å². The highest BCUT2D eigenvalue weighted by Gasteiger charge is 2.05. The number of hydrogen-bond acceptors (Lipinski definition) is 3. The number of anilines is 2. The van der Waals surface area contributed by atoms with Crippen LogP contribution in [0.1, 0.15) is 12.7 Å². The molecule has 0 radical (unpaired) electrons. The molecule has 0 atom stereocenters. The lowest BCUT2D eigenvalue weighted by Crippen LogP contribution is -2.00. The van der Waals surface area contributed by atoms with Gasteiger partial charge < -0.3 is 5.32 Å². The van der Waals surface area contributed by atoms with Gasteiger partial charge in [-0.05, 0) is 12.1 Å². The second kappa shape index (κ2) is 5.27. The molecule has 0 fully saturated rings. The van der Waals surface area contributed by atoms with Crippen molar-refractivity contribution in [3.63, 3.8) is 0 Å². The molecule has 0 unspecified atom stereocenters. The summed E-state index contributed by atoms with van der Waals surface area (Å²) in [5.74, 6) is -0.361. The minimum absolute atomic E-state index is 0.268. The zero-order chi connectivity index (χ0) is 13.1. The van der Waals surface area contributed by atoms with E-state index in [9.17, 15) is 8.78 Å². The molecular formula is C12H10ClF2N3. The minimum atomic E-state index is -0.659. The molecule has 94 valence electrons. The standard InChI is InChI=1S/C12H10ClF2N3/c1-2-11-17-10(13)6-12(18-11)16-9-4-7(14)3-8(15)5-9/h3-6H,2H2,1H3,(H,16,17,18). The Labute approximate surface area is 108 Å². The Balaban J connectivity index is 2.30. The van der Waals surface area contributed by atoms with Gasteiger partial charge in [0.2, 0.25) is 0 Å². The summed E-state index contributed by atoms with van der Waals surface area (Å²) in [4.78, 5) is 8.15. The van der Waals surface area contributed by atoms with Crippen LogP contribution in [0.2, 0.25) is 5.15 Å². The predicted octanol–water partition coefficient (Wildman–Crippen LogP) is 3.71. The van der Waals surface area contributed by atoms with E-state index in [1.54, 1.807) is 0 Å². The van der Waals surface area contributed by atoms with Crippen molar-refractivity contribution >= 4 is 23.1 Å². The number of nitrogens with one attached hydrogen (secondary N) is 1. The molecule has 2 rings (SSSR count). The number of rotatable bonds is 3. The molecule has 0 aliphatic heterocycles. The Morgan fingerprint density at radius 2 is 1.78 bits per heavy atom. The first kappa shape index (κ1) is 12.7. The lowest BCUT2D eigenvalue weighted by molar-refractivity contribution is 0.584. The monoisotopic (exact) mass is 269 g/mol. The molecule has 6 heteroatoms. The van der Waals surface area contributed by atoms with Crippen LogP contribution in [0.5, 0.6) is 0 Å². The van der Waals surface area contributed by atoms with E-state index in [0.717, 1.165) is 6.07 Å². The van der Waals surface area contributed by atoms with Gasteiger partial charge in [-0.3, -0.25) is 0 Å². The summed E-state index contributed by atoms with van der Waals surface area (Å²) >= 11 is 5.82. The van der Waals surface area contributed by atoms with Crippen molar-refractivity contribution in [2.75, 3.05) is 5.32 Å². The van der Waals surface area contributed by atoms with Gasteiger partial charge >= 0.3 is 0 Å². The third-order valence-electron chi connectivity index (χ3n) is 2.19. The van der Waals surface area contributed by atoms with Gasteiger partial charge in [-0.1, -0.05) is 18.5 Å². The van der Waals surface area contributed by atoms with Gasteiger partial charge in [0, 0.05) is 24.2 Å². The maximum absolute atomic E-state index is 13.0. The van der Waals surface area contributed by atoms with Crippen LogP contribution in [0.3, 0.4) is 0 Å². The molecule has 0 aliphatic rings. The van der Waals surface area contributed by atoms with Crippen LogP contribution in [0.25, 0.3) is 0 Å². The first-order chi connectivity index (χ1) is 8.56. The van der Waals surface area contributed by atoms with Gasteiger partial charge in [0.05, 0.1) is 0 Å². The van der Waals surface area contributed by atoms with Gasteiger partial charge in [0.25, 0.3) is 0 Å². The third kappa shape index (κ3) is 3.13. The molecule has 1 aromatic carbocycles. The van der Waals surface area contributed by atoms with E-state index in [1.165, 1.54) is 18.2 Å². The largest absolute Gasteiger partial charge is 0.340 e. The molecule has 1 aromatic heterocycles. The predicted molar refractivity (Wildman–Crippen MR) is 66.1 cm³/mol. The molecular weight excluding hydrogens is 260 g/mol. The second-order valence-corrected chi connectivity index (χ2v) is 4.02. The summed E-state index contributed by atoms with van der Waals surface area (Å²) in [6.45, 7) is 1.89. The number of aromatic nitrogens is 2. The van der Waals surface area contributed by atoms with E-state index in [4.69, 9.17) is 11.6 Å². The van der Waals surface area contributed by atoms with E-state index >= 15 is 0 Å². The number of halogens is 3. The number of aryl methyl sites for hydroxylation is 1. The zero-order valence-electron chi connectivity index (χ0n) is 9.54. The summed E-state index contributed by atoms with van der Waals surface area (Å²) in [6, 6.07) is 4.63. The Hall–Kier alpha value is -1.75. The van der Waals surface area contributed by atoms with Gasteiger partial charge in [0.1, 0.15) is 28.4 Å². The summed E-state index contributed by atoms with van der Waals surface area (Å²) < 4.78 is 26.0. The van der Waals surface area contributed by atoms with Crippen LogP contribution in [-0.4, -0.2) is 9.97 Å². The zero-order valence-corrected chi connectivity index (χ0v) is 10.3. The van der Waals surface area contributed by atoms with Crippen LogP contribution in [0, 0.1) is 11.6 Å². The van der Waals surface area contributed by atoms with E-state index in [0.29, 0.717) is 18.1 Å². The molecule has 0 saturated carbocycles. The SMILES string of the molecule is CCc1nc(Cl)cc(Nc2cc(F)cc(F)c2)n1. The number of nitrogens with zero attached hydrogens (tertiary/aromatic N) is 2. The van der Waals surface area contributed by atoms with Crippen molar-refractivity contribution in [3.05, 3.63) is 46.9 Å². The van der Waals surface area contributed by atoms with Crippen LogP contribution in [0.4, 0.5) is 20.3 Å². The average Bonchev–Trinajstić information content (AvgIpc) is 2.26. The molecule has 0 saturated heterocycles. The Morgan fingerprint density at radius 1 is 1.11 bits per heavy atom. The third-order valence-corrected chi connectivity index (χ3v) is 2.39. The molecule has 0 spiro atoms. The highest BCUT2D eigenvalue weighted by Crippen LogP contribution is 2.19. The van der Waals surface area contributed by atoms with Crippen molar-refractivity contribution in [3.8, 4) is 0 Å². The fourth-order valence-corrected chi connectivity index (χ4v) is 1.66. The quantitative estimate of drug-likeness (QED) is 0.863. The van der Waals surface area contributed by atoms with Gasteiger partial charge in [-0.2, -0.15) is 0 Å². The minimum Gasteiger partial charge on any atom is -0.340 e. The van der Waals surface area contributed by atoms with Crippen LogP contribution in [0.15, 0.2) is 24.3 Å². The molecule has 0 amide bonds. The summed E-state index contributed by atoms with van der Waals surface area (Å²) in [6.07, 6.45) is 0.618. The van der Waals surface area contributed by atoms with Crippen molar-refractivity contribution in [2.45, 2.75) is 13.3 Å². The maximum atomic E-state index is 13.0. The molecule has 1 heterocycles. The highest BCUT2D eigenvalue weighted by molar-refractivity contribution is 6.29. The van der Waals surface area contributed by atoms with E-state index in [1.807, 2.05) is 6.92 Å².